The van der Waals surface area contributed by atoms with Crippen LogP contribution in [0.15, 0.2) is 52.9 Å². The molecular formula is C21H21N3O4. The first-order chi connectivity index (χ1) is 13.6. The molecule has 144 valence electrons. The van der Waals surface area contributed by atoms with Gasteiger partial charge in [-0.15, -0.1) is 0 Å². The number of likely N-dealkylation sites (tertiary alicyclic amines) is 1. The Kier molecular flexibility index (Phi) is 5.08. The molecule has 1 amide bonds. The van der Waals surface area contributed by atoms with Gasteiger partial charge in [-0.1, -0.05) is 12.1 Å². The number of para-hydroxylation sites is 2. The Labute approximate surface area is 162 Å². The van der Waals surface area contributed by atoms with Crippen LogP contribution in [0.25, 0.3) is 22.6 Å². The molecule has 7 nitrogen and oxygen atoms in total. The number of carbonyl (C=O) groups excluding carboxylic acids is 1. The summed E-state index contributed by atoms with van der Waals surface area (Å²) in [6.07, 6.45) is 1.33. The van der Waals surface area contributed by atoms with Crippen molar-refractivity contribution in [2.75, 3.05) is 25.0 Å². The van der Waals surface area contributed by atoms with Crippen molar-refractivity contribution < 1.29 is 19.1 Å². The maximum Gasteiger partial charge on any atom is 0.317 e. The highest BCUT2D eigenvalue weighted by atomic mass is 16.4. The lowest BCUT2D eigenvalue weighted by molar-refractivity contribution is -0.138. The van der Waals surface area contributed by atoms with E-state index in [1.54, 1.807) is 0 Å². The van der Waals surface area contributed by atoms with Gasteiger partial charge in [0.15, 0.2) is 5.58 Å². The number of fused-ring (bicyclic) bond motifs is 1. The van der Waals surface area contributed by atoms with Crippen LogP contribution in [-0.2, 0) is 9.59 Å². The zero-order chi connectivity index (χ0) is 19.5. The van der Waals surface area contributed by atoms with Gasteiger partial charge < -0.3 is 14.8 Å². The maximum absolute atomic E-state index is 12.5. The first kappa shape index (κ1) is 18.2. The van der Waals surface area contributed by atoms with Crippen LogP contribution < -0.4 is 5.32 Å². The minimum Gasteiger partial charge on any atom is -0.480 e. The number of oxazole rings is 1. The largest absolute Gasteiger partial charge is 0.480 e. The van der Waals surface area contributed by atoms with E-state index in [1.807, 2.05) is 53.4 Å². The smallest absolute Gasteiger partial charge is 0.317 e. The number of carboxylic acids is 1. The average molecular weight is 379 g/mol. The summed E-state index contributed by atoms with van der Waals surface area (Å²) in [4.78, 5) is 29.6. The molecule has 0 aliphatic carbocycles. The van der Waals surface area contributed by atoms with Crippen molar-refractivity contribution in [2.45, 2.75) is 12.8 Å². The molecule has 2 N–H and O–H groups in total. The predicted octanol–water partition coefficient (Wildman–Crippen LogP) is 3.23. The molecule has 2 aromatic carbocycles. The first-order valence-corrected chi connectivity index (χ1v) is 9.29. The van der Waals surface area contributed by atoms with Gasteiger partial charge in [0.05, 0.1) is 6.54 Å². The third kappa shape index (κ3) is 4.04. The van der Waals surface area contributed by atoms with Crippen LogP contribution in [0.4, 0.5) is 5.69 Å². The number of piperidine rings is 1. The molecule has 0 spiro atoms. The van der Waals surface area contributed by atoms with E-state index in [-0.39, 0.29) is 18.4 Å². The maximum atomic E-state index is 12.5. The molecule has 0 atom stereocenters. The minimum absolute atomic E-state index is 0.0235. The number of carboxylic acid groups (broad SMARTS) is 1. The Morgan fingerprint density at radius 2 is 1.82 bits per heavy atom. The molecule has 0 radical (unpaired) electrons. The van der Waals surface area contributed by atoms with Gasteiger partial charge in [-0.05, 0) is 62.3 Å². The molecule has 1 aliphatic heterocycles. The summed E-state index contributed by atoms with van der Waals surface area (Å²) in [6.45, 7) is 1.29. The number of benzene rings is 2. The third-order valence-electron chi connectivity index (χ3n) is 5.01. The average Bonchev–Trinajstić information content (AvgIpc) is 3.13. The minimum atomic E-state index is -0.832. The molecular weight excluding hydrogens is 358 g/mol. The number of amides is 1. The Morgan fingerprint density at radius 3 is 2.50 bits per heavy atom. The molecule has 2 heterocycles. The Morgan fingerprint density at radius 1 is 1.11 bits per heavy atom. The second kappa shape index (κ2) is 7.82. The normalized spacial score (nSPS) is 15.6. The van der Waals surface area contributed by atoms with Crippen molar-refractivity contribution in [3.05, 3.63) is 48.5 Å². The van der Waals surface area contributed by atoms with Crippen molar-refractivity contribution in [3.63, 3.8) is 0 Å². The fourth-order valence-electron chi connectivity index (χ4n) is 3.48. The van der Waals surface area contributed by atoms with Crippen molar-refractivity contribution in [2.24, 2.45) is 5.92 Å². The second-order valence-electron chi connectivity index (χ2n) is 7.00. The van der Waals surface area contributed by atoms with Crippen molar-refractivity contribution in [1.29, 1.82) is 0 Å². The van der Waals surface area contributed by atoms with Gasteiger partial charge in [-0.25, -0.2) is 4.98 Å². The lowest BCUT2D eigenvalue weighted by atomic mass is 9.96. The Balaban J connectivity index is 1.37. The molecule has 1 fully saturated rings. The topological polar surface area (TPSA) is 95.7 Å². The van der Waals surface area contributed by atoms with E-state index in [0.29, 0.717) is 31.8 Å². The fraction of sp³-hybridized carbons (Fsp3) is 0.286. The highest BCUT2D eigenvalue weighted by Gasteiger charge is 2.25. The molecule has 0 saturated carbocycles. The second-order valence-corrected chi connectivity index (χ2v) is 7.00. The number of hydrogen-bond acceptors (Lipinski definition) is 5. The third-order valence-corrected chi connectivity index (χ3v) is 5.01. The molecule has 3 aromatic rings. The number of nitrogens with zero attached hydrogens (tertiary/aromatic N) is 2. The van der Waals surface area contributed by atoms with Crippen LogP contribution in [0.5, 0.6) is 0 Å². The zero-order valence-corrected chi connectivity index (χ0v) is 15.3. The first-order valence-electron chi connectivity index (χ1n) is 9.29. The van der Waals surface area contributed by atoms with E-state index in [0.717, 1.165) is 22.4 Å². The number of rotatable bonds is 5. The highest BCUT2D eigenvalue weighted by Crippen LogP contribution is 2.26. The molecule has 1 aromatic heterocycles. The summed E-state index contributed by atoms with van der Waals surface area (Å²) in [5.41, 5.74) is 3.11. The fourth-order valence-corrected chi connectivity index (χ4v) is 3.48. The van der Waals surface area contributed by atoms with E-state index >= 15 is 0 Å². The van der Waals surface area contributed by atoms with Crippen molar-refractivity contribution >= 4 is 28.7 Å². The predicted molar refractivity (Wildman–Crippen MR) is 105 cm³/mol. The van der Waals surface area contributed by atoms with Gasteiger partial charge in [-0.2, -0.15) is 0 Å². The SMILES string of the molecule is O=C(O)CN1CCC(C(=O)Nc2ccc(-c3nc4ccccc4o3)cc2)CC1. The summed E-state index contributed by atoms with van der Waals surface area (Å²) in [6, 6.07) is 15.0. The van der Waals surface area contributed by atoms with Crippen LogP contribution in [-0.4, -0.2) is 46.5 Å². The lowest BCUT2D eigenvalue weighted by Gasteiger charge is -2.29. The van der Waals surface area contributed by atoms with Crippen LogP contribution in [0.1, 0.15) is 12.8 Å². The number of anilines is 1. The highest BCUT2D eigenvalue weighted by molar-refractivity contribution is 5.92. The standard InChI is InChI=1S/C21H21N3O4/c25-19(26)13-24-11-9-14(10-12-24)20(27)22-16-7-5-15(6-8-16)21-23-17-3-1-2-4-18(17)28-21/h1-8,14H,9-13H2,(H,22,27)(H,25,26). The van der Waals surface area contributed by atoms with Gasteiger partial charge >= 0.3 is 5.97 Å². The molecule has 28 heavy (non-hydrogen) atoms. The van der Waals surface area contributed by atoms with Crippen LogP contribution >= 0.6 is 0 Å². The van der Waals surface area contributed by atoms with Crippen LogP contribution in [0.2, 0.25) is 0 Å². The van der Waals surface area contributed by atoms with Gasteiger partial charge in [0, 0.05) is 17.2 Å². The monoisotopic (exact) mass is 379 g/mol. The Bertz CT molecular complexity index is 955. The lowest BCUT2D eigenvalue weighted by Crippen LogP contribution is -2.40. The molecule has 1 aliphatic rings. The van der Waals surface area contributed by atoms with Gasteiger partial charge in [0.2, 0.25) is 11.8 Å². The zero-order valence-electron chi connectivity index (χ0n) is 15.3. The summed E-state index contributed by atoms with van der Waals surface area (Å²) < 4.78 is 5.76. The van der Waals surface area contributed by atoms with E-state index in [1.165, 1.54) is 0 Å². The van der Waals surface area contributed by atoms with E-state index < -0.39 is 5.97 Å². The summed E-state index contributed by atoms with van der Waals surface area (Å²) in [5, 5.41) is 11.8. The number of nitrogens with one attached hydrogen (secondary N) is 1. The summed E-state index contributed by atoms with van der Waals surface area (Å²) in [7, 11) is 0. The molecule has 4 rings (SSSR count). The molecule has 0 unspecified atom stereocenters. The number of carbonyl (C=O) groups is 2. The summed E-state index contributed by atoms with van der Waals surface area (Å²) >= 11 is 0. The van der Waals surface area contributed by atoms with Gasteiger partial charge in [-0.3, -0.25) is 14.5 Å². The number of hydrogen-bond donors (Lipinski definition) is 2. The van der Waals surface area contributed by atoms with Gasteiger partial charge in [0.25, 0.3) is 0 Å². The van der Waals surface area contributed by atoms with E-state index in [4.69, 9.17) is 9.52 Å². The number of aliphatic carboxylic acids is 1. The van der Waals surface area contributed by atoms with Crippen molar-refractivity contribution in [3.8, 4) is 11.5 Å². The van der Waals surface area contributed by atoms with E-state index in [2.05, 4.69) is 10.3 Å². The molecule has 1 saturated heterocycles. The van der Waals surface area contributed by atoms with Crippen molar-refractivity contribution in [1.82, 2.24) is 9.88 Å². The van der Waals surface area contributed by atoms with Crippen LogP contribution in [0.3, 0.4) is 0 Å². The quantitative estimate of drug-likeness (QED) is 0.707. The molecule has 7 heteroatoms. The summed E-state index contributed by atoms with van der Waals surface area (Å²) in [5.74, 6) is -0.404. The Hall–Kier alpha value is -3.19. The van der Waals surface area contributed by atoms with E-state index in [9.17, 15) is 9.59 Å². The number of aromatic nitrogens is 1. The van der Waals surface area contributed by atoms with Crippen LogP contribution in [0, 0.1) is 5.92 Å². The molecule has 0 bridgehead atoms. The van der Waals surface area contributed by atoms with Gasteiger partial charge in [0.1, 0.15) is 5.52 Å².